The second kappa shape index (κ2) is 35.9. The van der Waals surface area contributed by atoms with Crippen LogP contribution < -0.4 is 5.32 Å². The van der Waals surface area contributed by atoms with Gasteiger partial charge in [0.05, 0.1) is 17.9 Å². The number of rotatable bonds is 37. The van der Waals surface area contributed by atoms with Gasteiger partial charge in [-0.2, -0.15) is 8.42 Å². The van der Waals surface area contributed by atoms with Crippen molar-refractivity contribution in [3.05, 3.63) is 36.5 Å². The zero-order chi connectivity index (χ0) is 37.0. The molecule has 0 saturated heterocycles. The van der Waals surface area contributed by atoms with Gasteiger partial charge in [0, 0.05) is 0 Å². The molecule has 294 valence electrons. The van der Waals surface area contributed by atoms with E-state index in [0.717, 1.165) is 51.4 Å². The molecule has 0 aromatic carbocycles. The Balaban J connectivity index is 3.97. The van der Waals surface area contributed by atoms with Gasteiger partial charge in [-0.3, -0.25) is 9.35 Å². The third kappa shape index (κ3) is 34.9. The van der Waals surface area contributed by atoms with E-state index < -0.39 is 40.0 Å². The van der Waals surface area contributed by atoms with Crippen LogP contribution in [0.25, 0.3) is 0 Å². The van der Waals surface area contributed by atoms with Crippen molar-refractivity contribution >= 4 is 16.0 Å². The Morgan fingerprint density at radius 1 is 0.580 bits per heavy atom. The molecule has 0 aliphatic carbocycles. The molecule has 8 heteroatoms. The largest absolute Gasteiger partial charge is 0.387 e. The number of amides is 1. The first-order chi connectivity index (χ1) is 24.2. The third-order valence-corrected chi connectivity index (χ3v) is 10.2. The quantitative estimate of drug-likeness (QED) is 0.0287. The Kier molecular flexibility index (Phi) is 34.8. The second-order valence-corrected chi connectivity index (χ2v) is 15.9. The number of carbonyl (C=O) groups is 1. The number of unbranched alkanes of at least 4 members (excludes halogenated alkanes) is 24. The molecule has 3 atom stereocenters. The van der Waals surface area contributed by atoms with E-state index in [2.05, 4.69) is 43.5 Å². The number of hydrogen-bond acceptors (Lipinski definition) is 5. The van der Waals surface area contributed by atoms with Gasteiger partial charge in [-0.1, -0.05) is 192 Å². The molecule has 0 spiro atoms. The van der Waals surface area contributed by atoms with Crippen LogP contribution in [-0.2, 0) is 14.9 Å². The van der Waals surface area contributed by atoms with Crippen LogP contribution in [0.15, 0.2) is 36.5 Å². The highest BCUT2D eigenvalue weighted by Crippen LogP contribution is 2.15. The van der Waals surface area contributed by atoms with Crippen LogP contribution in [0.5, 0.6) is 0 Å². The topological polar surface area (TPSA) is 124 Å². The third-order valence-electron chi connectivity index (χ3n) is 9.43. The molecule has 50 heavy (non-hydrogen) atoms. The van der Waals surface area contributed by atoms with E-state index in [-0.39, 0.29) is 6.42 Å². The highest BCUT2D eigenvalue weighted by Gasteiger charge is 2.27. The van der Waals surface area contributed by atoms with Crippen molar-refractivity contribution in [1.29, 1.82) is 0 Å². The van der Waals surface area contributed by atoms with Crippen LogP contribution in [0.2, 0.25) is 0 Å². The summed E-state index contributed by atoms with van der Waals surface area (Å²) in [5, 5.41) is 23.4. The van der Waals surface area contributed by atoms with Gasteiger partial charge in [0.15, 0.2) is 0 Å². The maximum atomic E-state index is 12.6. The Morgan fingerprint density at radius 3 is 1.46 bits per heavy atom. The van der Waals surface area contributed by atoms with Gasteiger partial charge in [-0.25, -0.2) is 0 Å². The molecular formula is C42H79NO6S. The summed E-state index contributed by atoms with van der Waals surface area (Å²) in [6.45, 7) is 4.40. The molecule has 0 rings (SSSR count). The fourth-order valence-corrected chi connectivity index (χ4v) is 6.99. The maximum Gasteiger partial charge on any atom is 0.267 e. The van der Waals surface area contributed by atoms with E-state index in [1.54, 1.807) is 6.08 Å². The van der Waals surface area contributed by atoms with Crippen LogP contribution in [0.3, 0.4) is 0 Å². The molecule has 7 nitrogen and oxygen atoms in total. The lowest BCUT2D eigenvalue weighted by molar-refractivity contribution is -0.130. The summed E-state index contributed by atoms with van der Waals surface area (Å²) in [5.74, 6) is -1.53. The predicted molar refractivity (Wildman–Crippen MR) is 213 cm³/mol. The van der Waals surface area contributed by atoms with E-state index in [1.807, 2.05) is 0 Å². The molecule has 4 N–H and O–H groups in total. The molecular weight excluding hydrogens is 647 g/mol. The van der Waals surface area contributed by atoms with Gasteiger partial charge in [-0.15, -0.1) is 0 Å². The summed E-state index contributed by atoms with van der Waals surface area (Å²) in [6, 6.07) is -1.23. The van der Waals surface area contributed by atoms with Crippen LogP contribution in [0.1, 0.15) is 200 Å². The molecule has 0 bridgehead atoms. The summed E-state index contributed by atoms with van der Waals surface area (Å²) in [4.78, 5) is 12.6. The Bertz CT molecular complexity index is 948. The number of carbonyl (C=O) groups excluding carboxylic acids is 1. The second-order valence-electron chi connectivity index (χ2n) is 14.4. The average Bonchev–Trinajstić information content (AvgIpc) is 3.08. The lowest BCUT2D eigenvalue weighted by atomic mass is 10.0. The van der Waals surface area contributed by atoms with E-state index in [4.69, 9.17) is 0 Å². The normalized spacial score (nSPS) is 14.3. The molecule has 3 unspecified atom stereocenters. The van der Waals surface area contributed by atoms with Crippen LogP contribution in [-0.4, -0.2) is 53.1 Å². The van der Waals surface area contributed by atoms with Crippen molar-refractivity contribution in [2.45, 2.75) is 218 Å². The number of allylic oxidation sites excluding steroid dienone is 5. The van der Waals surface area contributed by atoms with Crippen molar-refractivity contribution in [2.75, 3.05) is 5.75 Å². The summed E-state index contributed by atoms with van der Waals surface area (Å²) >= 11 is 0. The highest BCUT2D eigenvalue weighted by molar-refractivity contribution is 7.85. The maximum absolute atomic E-state index is 12.6. The van der Waals surface area contributed by atoms with Crippen LogP contribution >= 0.6 is 0 Å². The number of aliphatic hydroxyl groups is 2. The molecule has 0 heterocycles. The fourth-order valence-electron chi connectivity index (χ4n) is 6.26. The van der Waals surface area contributed by atoms with Crippen molar-refractivity contribution in [1.82, 2.24) is 5.32 Å². The first-order valence-electron chi connectivity index (χ1n) is 20.8. The van der Waals surface area contributed by atoms with Crippen molar-refractivity contribution in [2.24, 2.45) is 0 Å². The summed E-state index contributed by atoms with van der Waals surface area (Å²) in [7, 11) is -4.44. The van der Waals surface area contributed by atoms with Gasteiger partial charge in [0.2, 0.25) is 5.91 Å². The van der Waals surface area contributed by atoms with Gasteiger partial charge in [-0.05, 0) is 44.9 Å². The van der Waals surface area contributed by atoms with Crippen LogP contribution in [0.4, 0.5) is 0 Å². The van der Waals surface area contributed by atoms with Gasteiger partial charge < -0.3 is 15.5 Å². The van der Waals surface area contributed by atoms with E-state index in [1.165, 1.54) is 128 Å². The molecule has 0 aromatic rings. The first-order valence-corrected chi connectivity index (χ1v) is 22.4. The lowest BCUT2D eigenvalue weighted by Gasteiger charge is -2.22. The number of nitrogens with one attached hydrogen (secondary N) is 1. The molecule has 1 amide bonds. The standard InChI is InChI=1S/C42H79NO6S/c1-3-5-7-9-11-13-15-17-18-19-20-21-22-23-25-27-29-31-33-35-37-41(45)42(46)43-39(38-50(47,48)49)40(44)36-34-32-30-28-26-24-16-14-12-10-8-6-4-2/h5,7,11,13,34,36,39-41,44-45H,3-4,6,8-10,12,14-33,35,37-38H2,1-2H3,(H,43,46)(H,47,48,49)/b7-5-,13-11-,36-34+. The van der Waals surface area contributed by atoms with E-state index in [9.17, 15) is 28.0 Å². The smallest absolute Gasteiger partial charge is 0.267 e. The monoisotopic (exact) mass is 726 g/mol. The Hall–Kier alpha value is -1.48. The van der Waals surface area contributed by atoms with Crippen molar-refractivity contribution in [3.8, 4) is 0 Å². The number of aliphatic hydroxyl groups excluding tert-OH is 2. The minimum Gasteiger partial charge on any atom is -0.387 e. The zero-order valence-electron chi connectivity index (χ0n) is 32.4. The van der Waals surface area contributed by atoms with Crippen LogP contribution in [0, 0.1) is 0 Å². The minimum atomic E-state index is -4.44. The Morgan fingerprint density at radius 2 is 1.00 bits per heavy atom. The minimum absolute atomic E-state index is 0.280. The summed E-state index contributed by atoms with van der Waals surface area (Å²) in [5.41, 5.74) is 0. The summed E-state index contributed by atoms with van der Waals surface area (Å²) < 4.78 is 32.5. The van der Waals surface area contributed by atoms with E-state index >= 15 is 0 Å². The molecule has 0 saturated carbocycles. The van der Waals surface area contributed by atoms with Gasteiger partial charge in [0.25, 0.3) is 10.1 Å². The zero-order valence-corrected chi connectivity index (χ0v) is 33.2. The molecule has 0 aromatic heterocycles. The molecule has 0 aliphatic rings. The lowest BCUT2D eigenvalue weighted by Crippen LogP contribution is -2.50. The molecule has 0 fully saturated rings. The van der Waals surface area contributed by atoms with Gasteiger partial charge in [0.1, 0.15) is 6.10 Å². The highest BCUT2D eigenvalue weighted by atomic mass is 32.2. The Labute approximate surface area is 309 Å². The van der Waals surface area contributed by atoms with Crippen molar-refractivity contribution < 1.29 is 28.0 Å². The number of hydrogen-bond donors (Lipinski definition) is 4. The average molecular weight is 726 g/mol. The predicted octanol–water partition coefficient (Wildman–Crippen LogP) is 11.1. The van der Waals surface area contributed by atoms with Crippen molar-refractivity contribution in [3.63, 3.8) is 0 Å². The first kappa shape index (κ1) is 48.5. The summed E-state index contributed by atoms with van der Waals surface area (Å²) in [6.07, 6.45) is 43.4. The SMILES string of the molecule is CC/C=C\C/C=C\CCCCCCCCCCCCCCCC(O)C(=O)NC(CS(=O)(=O)O)C(O)/C=C/CCCCCCCCCCCCC. The molecule has 0 radical (unpaired) electrons. The fraction of sp³-hybridized carbons (Fsp3) is 0.833. The molecule has 0 aliphatic heterocycles. The van der Waals surface area contributed by atoms with Gasteiger partial charge >= 0.3 is 0 Å². The van der Waals surface area contributed by atoms with E-state index in [0.29, 0.717) is 6.42 Å².